The number of carbonyl (C=O) groups excluding carboxylic acids is 1. The van der Waals surface area contributed by atoms with Crippen molar-refractivity contribution in [2.45, 2.75) is 26.2 Å². The first-order chi connectivity index (χ1) is 10.3. The highest BCUT2D eigenvalue weighted by Crippen LogP contribution is 2.32. The molecular formula is C18H21NO3. The molecule has 0 saturated heterocycles. The van der Waals surface area contributed by atoms with Crippen molar-refractivity contribution in [3.8, 4) is 11.5 Å². The summed E-state index contributed by atoms with van der Waals surface area (Å²) in [6.07, 6.45) is 0. The summed E-state index contributed by atoms with van der Waals surface area (Å²) in [5, 5.41) is 12.6. The van der Waals surface area contributed by atoms with Crippen molar-refractivity contribution >= 4 is 11.6 Å². The van der Waals surface area contributed by atoms with E-state index in [1.165, 1.54) is 6.07 Å². The second kappa shape index (κ2) is 6.10. The predicted octanol–water partition coefficient (Wildman–Crippen LogP) is 3.95. The summed E-state index contributed by atoms with van der Waals surface area (Å²) in [6.45, 7) is 6.30. The first kappa shape index (κ1) is 15.9. The molecule has 1 amide bonds. The van der Waals surface area contributed by atoms with Crippen LogP contribution < -0.4 is 10.1 Å². The van der Waals surface area contributed by atoms with Gasteiger partial charge in [0.1, 0.15) is 11.5 Å². The first-order valence-corrected chi connectivity index (χ1v) is 7.11. The third-order valence-electron chi connectivity index (χ3n) is 3.46. The van der Waals surface area contributed by atoms with Gasteiger partial charge in [0.15, 0.2) is 0 Å². The van der Waals surface area contributed by atoms with Crippen molar-refractivity contribution in [2.24, 2.45) is 0 Å². The number of benzene rings is 2. The molecule has 0 fully saturated rings. The number of hydrogen-bond donors (Lipinski definition) is 2. The van der Waals surface area contributed by atoms with E-state index in [0.717, 1.165) is 5.56 Å². The maximum Gasteiger partial charge on any atom is 0.259 e. The number of amides is 1. The summed E-state index contributed by atoms with van der Waals surface area (Å²) < 4.78 is 5.30. The largest absolute Gasteiger partial charge is 0.507 e. The van der Waals surface area contributed by atoms with Gasteiger partial charge in [0, 0.05) is 0 Å². The summed E-state index contributed by atoms with van der Waals surface area (Å²) in [5.41, 5.74) is 1.86. The minimum atomic E-state index is -0.373. The van der Waals surface area contributed by atoms with Crippen LogP contribution in [-0.4, -0.2) is 18.1 Å². The Hall–Kier alpha value is -2.49. The van der Waals surface area contributed by atoms with E-state index in [1.807, 2.05) is 18.2 Å². The summed E-state index contributed by atoms with van der Waals surface area (Å²) in [5.74, 6) is 0.158. The summed E-state index contributed by atoms with van der Waals surface area (Å²) in [6, 6.07) is 12.2. The molecule has 0 aliphatic heterocycles. The standard InChI is InChI=1S/C18H21NO3/c1-18(2,3)12-9-10-16(22-4)14(11-12)19-17(21)13-7-5-6-8-15(13)20/h5-11,20H,1-4H3,(H,19,21). The lowest BCUT2D eigenvalue weighted by atomic mass is 9.87. The highest BCUT2D eigenvalue weighted by atomic mass is 16.5. The van der Waals surface area contributed by atoms with Crippen LogP contribution in [0, 0.1) is 0 Å². The van der Waals surface area contributed by atoms with Crippen molar-refractivity contribution in [1.82, 2.24) is 0 Å². The van der Waals surface area contributed by atoms with E-state index >= 15 is 0 Å². The topological polar surface area (TPSA) is 58.6 Å². The quantitative estimate of drug-likeness (QED) is 0.902. The van der Waals surface area contributed by atoms with Crippen molar-refractivity contribution in [3.05, 3.63) is 53.6 Å². The van der Waals surface area contributed by atoms with Gasteiger partial charge in [0.25, 0.3) is 5.91 Å². The Kier molecular flexibility index (Phi) is 4.40. The van der Waals surface area contributed by atoms with E-state index in [1.54, 1.807) is 25.3 Å². The van der Waals surface area contributed by atoms with Gasteiger partial charge >= 0.3 is 0 Å². The number of anilines is 1. The van der Waals surface area contributed by atoms with Crippen LogP contribution in [0.15, 0.2) is 42.5 Å². The molecule has 0 unspecified atom stereocenters. The predicted molar refractivity (Wildman–Crippen MR) is 87.8 cm³/mol. The number of phenols is 1. The molecule has 2 N–H and O–H groups in total. The molecule has 0 saturated carbocycles. The number of carbonyl (C=O) groups is 1. The first-order valence-electron chi connectivity index (χ1n) is 7.11. The maximum atomic E-state index is 12.3. The number of phenolic OH excluding ortho intramolecular Hbond substituents is 1. The minimum Gasteiger partial charge on any atom is -0.507 e. The molecule has 2 aromatic rings. The van der Waals surface area contributed by atoms with E-state index in [-0.39, 0.29) is 22.6 Å². The van der Waals surface area contributed by atoms with Crippen LogP contribution in [0.3, 0.4) is 0 Å². The van der Waals surface area contributed by atoms with E-state index in [2.05, 4.69) is 26.1 Å². The summed E-state index contributed by atoms with van der Waals surface area (Å²) in [7, 11) is 1.56. The van der Waals surface area contributed by atoms with E-state index in [4.69, 9.17) is 4.74 Å². The zero-order valence-corrected chi connectivity index (χ0v) is 13.3. The monoisotopic (exact) mass is 299 g/mol. The smallest absolute Gasteiger partial charge is 0.259 e. The number of rotatable bonds is 3. The molecule has 0 atom stereocenters. The average Bonchev–Trinajstić information content (AvgIpc) is 2.46. The lowest BCUT2D eigenvalue weighted by molar-refractivity contribution is 0.102. The van der Waals surface area contributed by atoms with Crippen molar-refractivity contribution in [1.29, 1.82) is 0 Å². The van der Waals surface area contributed by atoms with Crippen molar-refractivity contribution in [3.63, 3.8) is 0 Å². The van der Waals surface area contributed by atoms with E-state index in [0.29, 0.717) is 11.4 Å². The third kappa shape index (κ3) is 3.39. The number of nitrogens with one attached hydrogen (secondary N) is 1. The molecular weight excluding hydrogens is 278 g/mol. The molecule has 0 bridgehead atoms. The van der Waals surface area contributed by atoms with Crippen LogP contribution in [0.5, 0.6) is 11.5 Å². The normalized spacial score (nSPS) is 11.1. The van der Waals surface area contributed by atoms with Crippen molar-refractivity contribution in [2.75, 3.05) is 12.4 Å². The van der Waals surface area contributed by atoms with Gasteiger partial charge in [0.05, 0.1) is 18.4 Å². The number of methoxy groups -OCH3 is 1. The van der Waals surface area contributed by atoms with Gasteiger partial charge in [-0.3, -0.25) is 4.79 Å². The van der Waals surface area contributed by atoms with E-state index in [9.17, 15) is 9.90 Å². The number of aromatic hydroxyl groups is 1. The van der Waals surface area contributed by atoms with Crippen LogP contribution in [0.4, 0.5) is 5.69 Å². The number of ether oxygens (including phenoxy) is 1. The summed E-state index contributed by atoms with van der Waals surface area (Å²) in [4.78, 5) is 12.3. The molecule has 0 radical (unpaired) electrons. The number of para-hydroxylation sites is 1. The van der Waals surface area contributed by atoms with Gasteiger partial charge in [-0.05, 0) is 35.2 Å². The Balaban J connectivity index is 2.36. The molecule has 22 heavy (non-hydrogen) atoms. The molecule has 4 nitrogen and oxygen atoms in total. The van der Waals surface area contributed by atoms with Crippen LogP contribution in [-0.2, 0) is 5.41 Å². The van der Waals surface area contributed by atoms with Gasteiger partial charge in [-0.25, -0.2) is 0 Å². The molecule has 0 aromatic heterocycles. The van der Waals surface area contributed by atoms with Gasteiger partial charge < -0.3 is 15.2 Å². The Morgan fingerprint density at radius 2 is 1.82 bits per heavy atom. The molecule has 116 valence electrons. The second-order valence-electron chi connectivity index (χ2n) is 6.14. The molecule has 4 heteroatoms. The molecule has 0 aliphatic rings. The molecule has 0 spiro atoms. The average molecular weight is 299 g/mol. The zero-order valence-electron chi connectivity index (χ0n) is 13.3. The SMILES string of the molecule is COc1ccc(C(C)(C)C)cc1NC(=O)c1ccccc1O. The Morgan fingerprint density at radius 1 is 1.14 bits per heavy atom. The zero-order chi connectivity index (χ0) is 16.3. The van der Waals surface area contributed by atoms with E-state index < -0.39 is 0 Å². The fourth-order valence-electron chi connectivity index (χ4n) is 2.13. The maximum absolute atomic E-state index is 12.3. The number of hydrogen-bond acceptors (Lipinski definition) is 3. The Morgan fingerprint density at radius 3 is 2.41 bits per heavy atom. The highest BCUT2D eigenvalue weighted by Gasteiger charge is 2.18. The highest BCUT2D eigenvalue weighted by molar-refractivity contribution is 6.06. The summed E-state index contributed by atoms with van der Waals surface area (Å²) >= 11 is 0. The van der Waals surface area contributed by atoms with Gasteiger partial charge in [-0.15, -0.1) is 0 Å². The van der Waals surface area contributed by atoms with Gasteiger partial charge in [-0.1, -0.05) is 39.0 Å². The fraction of sp³-hybridized carbons (Fsp3) is 0.278. The third-order valence-corrected chi connectivity index (χ3v) is 3.46. The molecule has 0 aliphatic carbocycles. The Labute approximate surface area is 130 Å². The van der Waals surface area contributed by atoms with Crippen LogP contribution in [0.2, 0.25) is 0 Å². The van der Waals surface area contributed by atoms with Crippen LogP contribution >= 0.6 is 0 Å². The van der Waals surface area contributed by atoms with Gasteiger partial charge in [-0.2, -0.15) is 0 Å². The Bertz CT molecular complexity index is 687. The minimum absolute atomic E-state index is 0.0410. The van der Waals surface area contributed by atoms with Crippen molar-refractivity contribution < 1.29 is 14.6 Å². The van der Waals surface area contributed by atoms with Crippen LogP contribution in [0.25, 0.3) is 0 Å². The molecule has 0 heterocycles. The molecule has 2 aromatic carbocycles. The lowest BCUT2D eigenvalue weighted by Gasteiger charge is -2.21. The van der Waals surface area contributed by atoms with Gasteiger partial charge in [0.2, 0.25) is 0 Å². The van der Waals surface area contributed by atoms with Crippen LogP contribution in [0.1, 0.15) is 36.7 Å². The lowest BCUT2D eigenvalue weighted by Crippen LogP contribution is -2.15. The second-order valence-corrected chi connectivity index (χ2v) is 6.14. The molecule has 2 rings (SSSR count). The fourth-order valence-corrected chi connectivity index (χ4v) is 2.13.